The van der Waals surface area contributed by atoms with Crippen molar-refractivity contribution in [2.24, 2.45) is 5.41 Å². The van der Waals surface area contributed by atoms with Crippen molar-refractivity contribution in [1.82, 2.24) is 10.6 Å². The van der Waals surface area contributed by atoms with Crippen LogP contribution in [0.3, 0.4) is 0 Å². The van der Waals surface area contributed by atoms with Crippen LogP contribution >= 0.6 is 0 Å². The minimum atomic E-state index is -0.374. The molecule has 0 aliphatic carbocycles. The number of ether oxygens (including phenoxy) is 2. The summed E-state index contributed by atoms with van der Waals surface area (Å²) in [5, 5.41) is 5.64. The number of unbranched alkanes of at least 4 members (excludes halogenated alkanes) is 1. The summed E-state index contributed by atoms with van der Waals surface area (Å²) in [4.78, 5) is 22.9. The highest BCUT2D eigenvalue weighted by atomic mass is 16.5. The Bertz CT molecular complexity index is 314. The van der Waals surface area contributed by atoms with E-state index in [1.54, 1.807) is 0 Å². The van der Waals surface area contributed by atoms with E-state index in [-0.39, 0.29) is 17.2 Å². The van der Waals surface area contributed by atoms with Crippen molar-refractivity contribution in [3.05, 3.63) is 0 Å². The van der Waals surface area contributed by atoms with Crippen molar-refractivity contribution in [3.8, 4) is 0 Å². The molecule has 0 atom stereocenters. The van der Waals surface area contributed by atoms with Gasteiger partial charge in [-0.3, -0.25) is 9.59 Å². The third-order valence-electron chi connectivity index (χ3n) is 2.91. The Balaban J connectivity index is 3.30. The standard InChI is InChI=1S/C16H32N2O4/c1-5-6-8-17-14(19)7-10-21-12-13-22-11-9-18-15(20)16(2,3)4/h5-13H2,1-4H3,(H,17,19)(H,18,20). The normalized spacial score (nSPS) is 11.3. The Morgan fingerprint density at radius 3 is 2.14 bits per heavy atom. The third kappa shape index (κ3) is 12.6. The number of amides is 2. The van der Waals surface area contributed by atoms with Crippen LogP contribution in [0.2, 0.25) is 0 Å². The molecule has 0 aliphatic heterocycles. The first-order valence-corrected chi connectivity index (χ1v) is 8.08. The summed E-state index contributed by atoms with van der Waals surface area (Å²) in [6, 6.07) is 0. The summed E-state index contributed by atoms with van der Waals surface area (Å²) in [5.74, 6) is 0.0423. The predicted molar refractivity (Wildman–Crippen MR) is 86.6 cm³/mol. The lowest BCUT2D eigenvalue weighted by molar-refractivity contribution is -0.128. The molecule has 22 heavy (non-hydrogen) atoms. The minimum absolute atomic E-state index is 0.0152. The molecule has 2 N–H and O–H groups in total. The lowest BCUT2D eigenvalue weighted by Gasteiger charge is -2.17. The fraction of sp³-hybridized carbons (Fsp3) is 0.875. The fourth-order valence-electron chi connectivity index (χ4n) is 1.48. The average Bonchev–Trinajstić information content (AvgIpc) is 2.44. The zero-order chi connectivity index (χ0) is 16.8. The van der Waals surface area contributed by atoms with Crippen LogP contribution in [0.1, 0.15) is 47.0 Å². The molecule has 0 fully saturated rings. The van der Waals surface area contributed by atoms with Gasteiger partial charge in [-0.25, -0.2) is 0 Å². The molecule has 130 valence electrons. The highest BCUT2D eigenvalue weighted by Crippen LogP contribution is 2.11. The van der Waals surface area contributed by atoms with E-state index in [0.717, 1.165) is 19.4 Å². The number of carbonyl (C=O) groups excluding carboxylic acids is 2. The van der Waals surface area contributed by atoms with E-state index < -0.39 is 0 Å². The van der Waals surface area contributed by atoms with Crippen LogP contribution in [0.15, 0.2) is 0 Å². The van der Waals surface area contributed by atoms with Crippen LogP contribution in [-0.4, -0.2) is 51.3 Å². The molecule has 0 saturated heterocycles. The van der Waals surface area contributed by atoms with Crippen molar-refractivity contribution in [2.45, 2.75) is 47.0 Å². The van der Waals surface area contributed by atoms with E-state index in [2.05, 4.69) is 17.6 Å². The first kappa shape index (κ1) is 20.9. The van der Waals surface area contributed by atoms with Crippen LogP contribution < -0.4 is 10.6 Å². The van der Waals surface area contributed by atoms with Gasteiger partial charge in [0.05, 0.1) is 26.4 Å². The Morgan fingerprint density at radius 2 is 1.55 bits per heavy atom. The lowest BCUT2D eigenvalue weighted by Crippen LogP contribution is -2.36. The molecule has 2 amide bonds. The number of rotatable bonds is 12. The highest BCUT2D eigenvalue weighted by molar-refractivity contribution is 5.81. The van der Waals surface area contributed by atoms with Crippen molar-refractivity contribution < 1.29 is 19.1 Å². The summed E-state index contributed by atoms with van der Waals surface area (Å²) in [6.45, 7) is 10.7. The van der Waals surface area contributed by atoms with E-state index in [9.17, 15) is 9.59 Å². The molecule has 0 heterocycles. The van der Waals surface area contributed by atoms with E-state index in [4.69, 9.17) is 9.47 Å². The van der Waals surface area contributed by atoms with Gasteiger partial charge in [0.2, 0.25) is 11.8 Å². The average molecular weight is 316 g/mol. The molecular formula is C16H32N2O4. The maximum absolute atomic E-state index is 11.6. The first-order chi connectivity index (χ1) is 10.4. The number of nitrogens with one attached hydrogen (secondary N) is 2. The van der Waals surface area contributed by atoms with Crippen LogP contribution in [0.4, 0.5) is 0 Å². The molecule has 6 heteroatoms. The Kier molecular flexibility index (Phi) is 11.8. The van der Waals surface area contributed by atoms with Crippen molar-refractivity contribution in [2.75, 3.05) is 39.5 Å². The Hall–Kier alpha value is -1.14. The van der Waals surface area contributed by atoms with Gasteiger partial charge in [-0.2, -0.15) is 0 Å². The second-order valence-electron chi connectivity index (χ2n) is 6.18. The summed E-state index contributed by atoms with van der Waals surface area (Å²) < 4.78 is 10.7. The monoisotopic (exact) mass is 316 g/mol. The van der Waals surface area contributed by atoms with Gasteiger partial charge >= 0.3 is 0 Å². The third-order valence-corrected chi connectivity index (χ3v) is 2.91. The van der Waals surface area contributed by atoms with Gasteiger partial charge in [0, 0.05) is 24.9 Å². The van der Waals surface area contributed by atoms with E-state index >= 15 is 0 Å². The van der Waals surface area contributed by atoms with Crippen LogP contribution in [0, 0.1) is 5.41 Å². The molecule has 0 rings (SSSR count). The molecule has 0 unspecified atom stereocenters. The van der Waals surface area contributed by atoms with Gasteiger partial charge in [-0.05, 0) is 6.42 Å². The largest absolute Gasteiger partial charge is 0.379 e. The van der Waals surface area contributed by atoms with Gasteiger partial charge in [0.25, 0.3) is 0 Å². The molecule has 0 aliphatic rings. The van der Waals surface area contributed by atoms with E-state index in [0.29, 0.717) is 39.4 Å². The van der Waals surface area contributed by atoms with E-state index in [1.165, 1.54) is 0 Å². The van der Waals surface area contributed by atoms with Crippen LogP contribution in [-0.2, 0) is 19.1 Å². The van der Waals surface area contributed by atoms with Crippen molar-refractivity contribution >= 4 is 11.8 Å². The first-order valence-electron chi connectivity index (χ1n) is 8.08. The van der Waals surface area contributed by atoms with Gasteiger partial charge in [0.1, 0.15) is 0 Å². The summed E-state index contributed by atoms with van der Waals surface area (Å²) in [6.07, 6.45) is 2.46. The quantitative estimate of drug-likeness (QED) is 0.535. The molecular weight excluding hydrogens is 284 g/mol. The lowest BCUT2D eigenvalue weighted by atomic mass is 9.96. The molecule has 0 saturated carbocycles. The summed E-state index contributed by atoms with van der Waals surface area (Å²) in [5.41, 5.74) is -0.374. The molecule has 0 aromatic rings. The van der Waals surface area contributed by atoms with Crippen molar-refractivity contribution in [3.63, 3.8) is 0 Å². The second kappa shape index (κ2) is 12.4. The molecule has 6 nitrogen and oxygen atoms in total. The highest BCUT2D eigenvalue weighted by Gasteiger charge is 2.20. The van der Waals surface area contributed by atoms with Gasteiger partial charge in [-0.1, -0.05) is 34.1 Å². The maximum Gasteiger partial charge on any atom is 0.225 e. The SMILES string of the molecule is CCCCNC(=O)CCOCCOCCNC(=O)C(C)(C)C. The van der Waals surface area contributed by atoms with Crippen LogP contribution in [0.5, 0.6) is 0 Å². The molecule has 0 aromatic heterocycles. The maximum atomic E-state index is 11.6. The zero-order valence-electron chi connectivity index (χ0n) is 14.5. The summed E-state index contributed by atoms with van der Waals surface area (Å²) in [7, 11) is 0. The van der Waals surface area contributed by atoms with Crippen LogP contribution in [0.25, 0.3) is 0 Å². The molecule has 0 radical (unpaired) electrons. The minimum Gasteiger partial charge on any atom is -0.379 e. The van der Waals surface area contributed by atoms with E-state index in [1.807, 2.05) is 20.8 Å². The molecule has 0 spiro atoms. The topological polar surface area (TPSA) is 76.7 Å². The number of carbonyl (C=O) groups is 2. The molecule has 0 aromatic carbocycles. The fourth-order valence-corrected chi connectivity index (χ4v) is 1.48. The zero-order valence-corrected chi connectivity index (χ0v) is 14.5. The van der Waals surface area contributed by atoms with Gasteiger partial charge in [-0.15, -0.1) is 0 Å². The Morgan fingerprint density at radius 1 is 0.909 bits per heavy atom. The predicted octanol–water partition coefficient (Wildman–Crippen LogP) is 1.49. The second-order valence-corrected chi connectivity index (χ2v) is 6.18. The number of hydrogen-bond donors (Lipinski definition) is 2. The number of hydrogen-bond acceptors (Lipinski definition) is 4. The summed E-state index contributed by atoms with van der Waals surface area (Å²) >= 11 is 0. The van der Waals surface area contributed by atoms with Crippen molar-refractivity contribution in [1.29, 1.82) is 0 Å². The smallest absolute Gasteiger partial charge is 0.225 e. The van der Waals surface area contributed by atoms with Gasteiger partial charge < -0.3 is 20.1 Å². The molecule has 0 bridgehead atoms. The van der Waals surface area contributed by atoms with Gasteiger partial charge in [0.15, 0.2) is 0 Å². The Labute approximate surface area is 134 Å².